The van der Waals surface area contributed by atoms with E-state index in [9.17, 15) is 29.6 Å². The zero-order valence-corrected chi connectivity index (χ0v) is 25.7. The maximum absolute atomic E-state index is 13.8. The second-order valence-corrected chi connectivity index (χ2v) is 11.7. The summed E-state index contributed by atoms with van der Waals surface area (Å²) in [6.45, 7) is 4.22. The lowest BCUT2D eigenvalue weighted by molar-refractivity contribution is -0.384. The van der Waals surface area contributed by atoms with Gasteiger partial charge in [-0.15, -0.1) is 5.10 Å². The van der Waals surface area contributed by atoms with E-state index in [1.807, 2.05) is 49.3 Å². The van der Waals surface area contributed by atoms with Crippen LogP contribution in [0, 0.1) is 10.1 Å². The number of non-ortho nitro benzene ring substituents is 1. The minimum Gasteiger partial charge on any atom is -0.463 e. The summed E-state index contributed by atoms with van der Waals surface area (Å²) in [4.78, 5) is 52.8. The van der Waals surface area contributed by atoms with Gasteiger partial charge in [0, 0.05) is 41.2 Å². The fourth-order valence-corrected chi connectivity index (χ4v) is 5.54. The molecule has 238 valence electrons. The van der Waals surface area contributed by atoms with Crippen LogP contribution >= 0.6 is 0 Å². The maximum Gasteiger partial charge on any atom is 0.432 e. The molecule has 0 saturated heterocycles. The van der Waals surface area contributed by atoms with Crippen LogP contribution in [-0.4, -0.2) is 68.3 Å². The van der Waals surface area contributed by atoms with E-state index in [0.29, 0.717) is 29.2 Å². The van der Waals surface area contributed by atoms with Crippen LogP contribution in [0.15, 0.2) is 78.9 Å². The number of nitrogens with one attached hydrogen (secondary N) is 3. The lowest BCUT2D eigenvalue weighted by Gasteiger charge is -2.34. The van der Waals surface area contributed by atoms with E-state index in [4.69, 9.17) is 0 Å². The van der Waals surface area contributed by atoms with Gasteiger partial charge in [-0.3, -0.25) is 14.9 Å². The molecule has 0 bridgehead atoms. The summed E-state index contributed by atoms with van der Waals surface area (Å²) in [5.74, 6) is -0.206. The zero-order chi connectivity index (χ0) is 33.2. The number of hydrogen-bond donors (Lipinski definition) is 4. The molecule has 4 aromatic rings. The number of benzene rings is 3. The topological polar surface area (TPSA) is 175 Å². The van der Waals surface area contributed by atoms with Crippen LogP contribution in [0.5, 0.6) is 0 Å². The Balaban J connectivity index is 1.37. The Kier molecular flexibility index (Phi) is 8.73. The Morgan fingerprint density at radius 1 is 1.02 bits per heavy atom. The zero-order valence-electron chi connectivity index (χ0n) is 25.7. The Morgan fingerprint density at radius 2 is 1.70 bits per heavy atom. The Labute approximate surface area is 264 Å². The van der Waals surface area contributed by atoms with Gasteiger partial charge in [0.2, 0.25) is 0 Å². The number of urea groups is 1. The van der Waals surface area contributed by atoms with Gasteiger partial charge >= 0.3 is 12.1 Å². The van der Waals surface area contributed by atoms with Crippen LogP contribution in [0.4, 0.5) is 32.5 Å². The SMILES string of the molecule is CN(C)C[C@@H](NC(=O)N1Cc2c(Nc3cccc(NC(=O)c4ccc([N+](=O)[O-])cc4)c3)nn(C(=O)O)c2C1(C)C)c1ccccc1. The molecule has 1 atom stereocenters. The molecule has 3 amide bonds. The van der Waals surface area contributed by atoms with Gasteiger partial charge in [-0.05, 0) is 63.8 Å². The monoisotopic (exact) mass is 626 g/mol. The number of carbonyl (C=O) groups excluding carboxylic acids is 2. The third-order valence-electron chi connectivity index (χ3n) is 7.75. The van der Waals surface area contributed by atoms with Crippen LogP contribution < -0.4 is 16.0 Å². The second kappa shape index (κ2) is 12.7. The Hall–Kier alpha value is -5.76. The standard InChI is InChI=1S/C32H34N8O6/c1-32(2)27-25(18-38(32)30(42)35-26(19-37(3)4)20-9-6-5-7-10-20)28(36-39(27)31(43)44)33-22-11-8-12-23(17-22)34-29(41)21-13-15-24(16-14-21)40(45)46/h5-17,26H,18-19H2,1-4H3,(H,33,36)(H,34,41)(H,35,42)(H,43,44)/t26-/m1/s1. The summed E-state index contributed by atoms with van der Waals surface area (Å²) in [6.07, 6.45) is -1.29. The minimum absolute atomic E-state index is 0.101. The molecule has 1 aliphatic rings. The third-order valence-corrected chi connectivity index (χ3v) is 7.75. The van der Waals surface area contributed by atoms with Crippen molar-refractivity contribution in [2.75, 3.05) is 31.3 Å². The molecule has 0 radical (unpaired) electrons. The van der Waals surface area contributed by atoms with Gasteiger partial charge in [-0.1, -0.05) is 36.4 Å². The highest BCUT2D eigenvalue weighted by Crippen LogP contribution is 2.43. The molecule has 2 heterocycles. The van der Waals surface area contributed by atoms with Crippen molar-refractivity contribution in [1.82, 2.24) is 24.9 Å². The van der Waals surface area contributed by atoms with E-state index in [2.05, 4.69) is 21.0 Å². The van der Waals surface area contributed by atoms with E-state index >= 15 is 0 Å². The van der Waals surface area contributed by atoms with Crippen molar-refractivity contribution >= 4 is 40.9 Å². The number of anilines is 3. The Morgan fingerprint density at radius 3 is 2.33 bits per heavy atom. The number of hydrogen-bond acceptors (Lipinski definition) is 8. The molecule has 1 aromatic heterocycles. The smallest absolute Gasteiger partial charge is 0.432 e. The average molecular weight is 627 g/mol. The highest BCUT2D eigenvalue weighted by Gasteiger charge is 2.47. The summed E-state index contributed by atoms with van der Waals surface area (Å²) in [7, 11) is 3.85. The van der Waals surface area contributed by atoms with E-state index in [1.54, 1.807) is 43.0 Å². The molecule has 14 nitrogen and oxygen atoms in total. The average Bonchev–Trinajstić information content (AvgIpc) is 3.52. The number of amides is 3. The van der Waals surface area contributed by atoms with E-state index in [-0.39, 0.29) is 35.7 Å². The van der Waals surface area contributed by atoms with E-state index in [0.717, 1.165) is 10.2 Å². The Bertz CT molecular complexity index is 1790. The summed E-state index contributed by atoms with van der Waals surface area (Å²) in [5, 5.41) is 34.3. The first kappa shape index (κ1) is 31.7. The molecule has 46 heavy (non-hydrogen) atoms. The molecule has 4 N–H and O–H groups in total. The number of aromatic nitrogens is 2. The predicted octanol–water partition coefficient (Wildman–Crippen LogP) is 5.38. The van der Waals surface area contributed by atoms with Crippen molar-refractivity contribution in [2.45, 2.75) is 32.0 Å². The van der Waals surface area contributed by atoms with Crippen molar-refractivity contribution in [3.8, 4) is 0 Å². The first-order chi connectivity index (χ1) is 21.8. The number of carbonyl (C=O) groups is 3. The molecule has 0 spiro atoms. The number of likely N-dealkylation sites (N-methyl/N-ethyl adjacent to an activating group) is 1. The largest absolute Gasteiger partial charge is 0.463 e. The van der Waals surface area contributed by atoms with Gasteiger partial charge in [0.05, 0.1) is 28.7 Å². The summed E-state index contributed by atoms with van der Waals surface area (Å²) in [6, 6.07) is 20.9. The van der Waals surface area contributed by atoms with Crippen LogP contribution in [-0.2, 0) is 12.1 Å². The van der Waals surface area contributed by atoms with Crippen LogP contribution in [0.3, 0.4) is 0 Å². The molecule has 1 aliphatic heterocycles. The lowest BCUT2D eigenvalue weighted by atomic mass is 10.0. The molecular formula is C32H34N8O6. The van der Waals surface area contributed by atoms with Crippen molar-refractivity contribution in [2.24, 2.45) is 0 Å². The molecule has 5 rings (SSSR count). The van der Waals surface area contributed by atoms with Crippen molar-refractivity contribution in [1.29, 1.82) is 0 Å². The van der Waals surface area contributed by atoms with E-state index in [1.165, 1.54) is 24.3 Å². The van der Waals surface area contributed by atoms with Gasteiger partial charge in [0.25, 0.3) is 11.6 Å². The molecule has 3 aromatic carbocycles. The predicted molar refractivity (Wildman–Crippen MR) is 171 cm³/mol. The fourth-order valence-electron chi connectivity index (χ4n) is 5.54. The quantitative estimate of drug-likeness (QED) is 0.140. The van der Waals surface area contributed by atoms with Gasteiger partial charge in [-0.2, -0.15) is 4.68 Å². The molecular weight excluding hydrogens is 592 g/mol. The van der Waals surface area contributed by atoms with Crippen molar-refractivity contribution in [3.63, 3.8) is 0 Å². The van der Waals surface area contributed by atoms with Crippen LogP contribution in [0.25, 0.3) is 0 Å². The maximum atomic E-state index is 13.8. The molecule has 0 fully saturated rings. The molecule has 14 heteroatoms. The normalized spacial score (nSPS) is 14.0. The van der Waals surface area contributed by atoms with E-state index < -0.39 is 22.5 Å². The second-order valence-electron chi connectivity index (χ2n) is 11.7. The van der Waals surface area contributed by atoms with Gasteiger partial charge in [0.1, 0.15) is 0 Å². The van der Waals surface area contributed by atoms with Crippen LogP contribution in [0.2, 0.25) is 0 Å². The number of rotatable bonds is 9. The number of carboxylic acid groups (broad SMARTS) is 1. The third kappa shape index (κ3) is 6.51. The number of nitro groups is 1. The molecule has 0 saturated carbocycles. The fraction of sp³-hybridized carbons (Fsp3) is 0.250. The summed E-state index contributed by atoms with van der Waals surface area (Å²) in [5.41, 5.74) is 1.88. The van der Waals surface area contributed by atoms with Crippen molar-refractivity contribution < 1.29 is 24.4 Å². The summed E-state index contributed by atoms with van der Waals surface area (Å²) < 4.78 is 0.889. The summed E-state index contributed by atoms with van der Waals surface area (Å²) >= 11 is 0. The number of fused-ring (bicyclic) bond motifs is 1. The molecule has 0 unspecified atom stereocenters. The minimum atomic E-state index is -1.29. The first-order valence-electron chi connectivity index (χ1n) is 14.4. The molecule has 0 aliphatic carbocycles. The number of nitrogens with zero attached hydrogens (tertiary/aromatic N) is 5. The highest BCUT2D eigenvalue weighted by molar-refractivity contribution is 6.04. The van der Waals surface area contributed by atoms with Gasteiger partial charge < -0.3 is 30.9 Å². The first-order valence-corrected chi connectivity index (χ1v) is 14.4. The van der Waals surface area contributed by atoms with Gasteiger partial charge in [-0.25, -0.2) is 9.59 Å². The van der Waals surface area contributed by atoms with Crippen LogP contribution in [0.1, 0.15) is 47.1 Å². The lowest BCUT2D eigenvalue weighted by Crippen LogP contribution is -2.49. The highest BCUT2D eigenvalue weighted by atomic mass is 16.6. The van der Waals surface area contributed by atoms with Crippen molar-refractivity contribution in [3.05, 3.63) is 111 Å². The van der Waals surface area contributed by atoms with Gasteiger partial charge in [0.15, 0.2) is 5.82 Å². The number of nitro benzene ring substituents is 1.